The Labute approximate surface area is 118 Å². The van der Waals surface area contributed by atoms with Crippen molar-refractivity contribution in [1.82, 2.24) is 15.5 Å². The lowest BCUT2D eigenvalue weighted by Crippen LogP contribution is -2.24. The van der Waals surface area contributed by atoms with E-state index in [1.54, 1.807) is 0 Å². The number of fused-ring (bicyclic) bond motifs is 1. The Hall–Kier alpha value is -2.41. The molecule has 2 rings (SSSR count). The van der Waals surface area contributed by atoms with E-state index in [0.29, 0.717) is 17.6 Å². The number of amides is 1. The van der Waals surface area contributed by atoms with Crippen molar-refractivity contribution in [2.24, 2.45) is 5.41 Å². The SMILES string of the molecule is CC(C)(C)C#CCNC(=O)c1cnnc2ccccc12. The van der Waals surface area contributed by atoms with Gasteiger partial charge < -0.3 is 5.32 Å². The van der Waals surface area contributed by atoms with Crippen molar-refractivity contribution in [3.8, 4) is 11.8 Å². The first-order valence-electron chi connectivity index (χ1n) is 6.46. The van der Waals surface area contributed by atoms with Gasteiger partial charge in [0.15, 0.2) is 0 Å². The van der Waals surface area contributed by atoms with E-state index in [1.807, 2.05) is 45.0 Å². The molecule has 1 aromatic carbocycles. The number of carbonyl (C=O) groups excluding carboxylic acids is 1. The van der Waals surface area contributed by atoms with Gasteiger partial charge >= 0.3 is 0 Å². The Morgan fingerprint density at radius 1 is 1.30 bits per heavy atom. The van der Waals surface area contributed by atoms with Gasteiger partial charge in [0.2, 0.25) is 0 Å². The van der Waals surface area contributed by atoms with Crippen LogP contribution in [0, 0.1) is 17.3 Å². The first kappa shape index (κ1) is 14.0. The van der Waals surface area contributed by atoms with E-state index >= 15 is 0 Å². The number of hydrogen-bond acceptors (Lipinski definition) is 3. The molecule has 1 aromatic heterocycles. The molecular weight excluding hydrogens is 250 g/mol. The second-order valence-corrected chi connectivity index (χ2v) is 5.51. The molecule has 0 saturated carbocycles. The van der Waals surface area contributed by atoms with Crippen molar-refractivity contribution < 1.29 is 4.79 Å². The number of carbonyl (C=O) groups is 1. The highest BCUT2D eigenvalue weighted by atomic mass is 16.1. The molecule has 20 heavy (non-hydrogen) atoms. The molecule has 0 bridgehead atoms. The number of nitrogens with zero attached hydrogens (tertiary/aromatic N) is 2. The number of hydrogen-bond donors (Lipinski definition) is 1. The lowest BCUT2D eigenvalue weighted by atomic mass is 9.98. The molecule has 1 amide bonds. The van der Waals surface area contributed by atoms with Gasteiger partial charge in [0, 0.05) is 10.8 Å². The molecule has 102 valence electrons. The number of aromatic nitrogens is 2. The Morgan fingerprint density at radius 2 is 2.05 bits per heavy atom. The standard InChI is InChI=1S/C16H17N3O/c1-16(2,3)9-6-10-17-15(20)13-11-18-19-14-8-5-4-7-12(13)14/h4-5,7-8,11H,10H2,1-3H3,(H,17,20). The van der Waals surface area contributed by atoms with Crippen molar-refractivity contribution in [3.05, 3.63) is 36.0 Å². The summed E-state index contributed by atoms with van der Waals surface area (Å²) in [4.78, 5) is 12.1. The fraction of sp³-hybridized carbons (Fsp3) is 0.312. The van der Waals surface area contributed by atoms with E-state index in [-0.39, 0.29) is 11.3 Å². The van der Waals surface area contributed by atoms with Crippen LogP contribution in [-0.2, 0) is 0 Å². The largest absolute Gasteiger partial charge is 0.341 e. The molecule has 0 atom stereocenters. The first-order valence-corrected chi connectivity index (χ1v) is 6.46. The molecule has 4 heteroatoms. The molecule has 0 aliphatic carbocycles. The summed E-state index contributed by atoms with van der Waals surface area (Å²) in [6.45, 7) is 6.42. The summed E-state index contributed by atoms with van der Waals surface area (Å²) in [6, 6.07) is 7.44. The van der Waals surface area contributed by atoms with E-state index < -0.39 is 0 Å². The van der Waals surface area contributed by atoms with Crippen LogP contribution >= 0.6 is 0 Å². The minimum atomic E-state index is -0.181. The van der Waals surface area contributed by atoms with Gasteiger partial charge in [-0.2, -0.15) is 10.2 Å². The van der Waals surface area contributed by atoms with Crippen molar-refractivity contribution in [2.75, 3.05) is 6.54 Å². The molecule has 0 radical (unpaired) electrons. The van der Waals surface area contributed by atoms with Crippen LogP contribution in [0.4, 0.5) is 0 Å². The molecule has 0 spiro atoms. The summed E-state index contributed by atoms with van der Waals surface area (Å²) in [5.41, 5.74) is 1.17. The van der Waals surface area contributed by atoms with Crippen LogP contribution in [0.1, 0.15) is 31.1 Å². The average molecular weight is 267 g/mol. The van der Waals surface area contributed by atoms with Crippen molar-refractivity contribution in [2.45, 2.75) is 20.8 Å². The minimum Gasteiger partial charge on any atom is -0.341 e. The van der Waals surface area contributed by atoms with Crippen molar-refractivity contribution >= 4 is 16.8 Å². The fourth-order valence-corrected chi connectivity index (χ4v) is 1.72. The average Bonchev–Trinajstić information content (AvgIpc) is 2.41. The van der Waals surface area contributed by atoms with Crippen LogP contribution in [0.5, 0.6) is 0 Å². The monoisotopic (exact) mass is 267 g/mol. The molecular formula is C16H17N3O. The topological polar surface area (TPSA) is 54.9 Å². The lowest BCUT2D eigenvalue weighted by Gasteiger charge is -2.07. The fourth-order valence-electron chi connectivity index (χ4n) is 1.72. The third kappa shape index (κ3) is 3.55. The van der Waals surface area contributed by atoms with Crippen LogP contribution in [0.3, 0.4) is 0 Å². The Bertz CT molecular complexity index is 685. The molecule has 2 aromatic rings. The normalized spacial score (nSPS) is 10.8. The third-order valence-electron chi connectivity index (χ3n) is 2.59. The van der Waals surface area contributed by atoms with Crippen LogP contribution in [-0.4, -0.2) is 22.6 Å². The van der Waals surface area contributed by atoms with E-state index in [9.17, 15) is 4.79 Å². The van der Waals surface area contributed by atoms with Crippen molar-refractivity contribution in [3.63, 3.8) is 0 Å². The summed E-state index contributed by atoms with van der Waals surface area (Å²) >= 11 is 0. The van der Waals surface area contributed by atoms with E-state index in [4.69, 9.17) is 0 Å². The lowest BCUT2D eigenvalue weighted by molar-refractivity contribution is 0.0960. The minimum absolute atomic E-state index is 0.0599. The highest BCUT2D eigenvalue weighted by molar-refractivity contribution is 6.05. The maximum Gasteiger partial charge on any atom is 0.254 e. The second kappa shape index (κ2) is 5.70. The maximum absolute atomic E-state index is 12.1. The van der Waals surface area contributed by atoms with Gasteiger partial charge in [-0.05, 0) is 26.8 Å². The Kier molecular flexibility index (Phi) is 3.99. The zero-order valence-electron chi connectivity index (χ0n) is 11.9. The number of benzene rings is 1. The maximum atomic E-state index is 12.1. The zero-order valence-corrected chi connectivity index (χ0v) is 11.9. The van der Waals surface area contributed by atoms with E-state index in [0.717, 1.165) is 5.39 Å². The number of nitrogens with one attached hydrogen (secondary N) is 1. The van der Waals surface area contributed by atoms with Gasteiger partial charge in [0.25, 0.3) is 5.91 Å². The predicted octanol–water partition coefficient (Wildman–Crippen LogP) is 2.41. The highest BCUT2D eigenvalue weighted by Crippen LogP contribution is 2.14. The van der Waals surface area contributed by atoms with E-state index in [2.05, 4.69) is 27.4 Å². The smallest absolute Gasteiger partial charge is 0.254 e. The van der Waals surface area contributed by atoms with Gasteiger partial charge in [-0.1, -0.05) is 30.0 Å². The van der Waals surface area contributed by atoms with E-state index in [1.165, 1.54) is 6.20 Å². The van der Waals surface area contributed by atoms with Crippen LogP contribution in [0.15, 0.2) is 30.5 Å². The second-order valence-electron chi connectivity index (χ2n) is 5.51. The van der Waals surface area contributed by atoms with Crippen LogP contribution in [0.2, 0.25) is 0 Å². The Balaban J connectivity index is 2.14. The van der Waals surface area contributed by atoms with Crippen LogP contribution in [0.25, 0.3) is 10.9 Å². The summed E-state index contributed by atoms with van der Waals surface area (Å²) in [5, 5.41) is 11.4. The molecule has 1 heterocycles. The van der Waals surface area contributed by atoms with Gasteiger partial charge in [-0.25, -0.2) is 0 Å². The third-order valence-corrected chi connectivity index (χ3v) is 2.59. The summed E-state index contributed by atoms with van der Waals surface area (Å²) in [5.74, 6) is 5.85. The van der Waals surface area contributed by atoms with Gasteiger partial charge in [-0.3, -0.25) is 4.79 Å². The summed E-state index contributed by atoms with van der Waals surface area (Å²) in [6.07, 6.45) is 1.48. The summed E-state index contributed by atoms with van der Waals surface area (Å²) < 4.78 is 0. The molecule has 1 N–H and O–H groups in total. The molecule has 0 aliphatic heterocycles. The van der Waals surface area contributed by atoms with Gasteiger partial charge in [0.1, 0.15) is 0 Å². The molecule has 4 nitrogen and oxygen atoms in total. The quantitative estimate of drug-likeness (QED) is 0.850. The highest BCUT2D eigenvalue weighted by Gasteiger charge is 2.10. The molecule has 0 aliphatic rings. The molecule has 0 fully saturated rings. The summed E-state index contributed by atoms with van der Waals surface area (Å²) in [7, 11) is 0. The first-order chi connectivity index (χ1) is 9.47. The zero-order chi connectivity index (χ0) is 14.6. The van der Waals surface area contributed by atoms with Gasteiger partial charge in [-0.15, -0.1) is 0 Å². The molecule has 0 saturated heterocycles. The predicted molar refractivity (Wildman–Crippen MR) is 79.1 cm³/mol. The number of rotatable bonds is 2. The van der Waals surface area contributed by atoms with Crippen LogP contribution < -0.4 is 5.32 Å². The van der Waals surface area contributed by atoms with Gasteiger partial charge in [0.05, 0.1) is 23.8 Å². The van der Waals surface area contributed by atoms with Crippen molar-refractivity contribution in [1.29, 1.82) is 0 Å². The molecule has 0 unspecified atom stereocenters. The Morgan fingerprint density at radius 3 is 2.80 bits per heavy atom.